The Morgan fingerprint density at radius 2 is 2.17 bits per heavy atom. The van der Waals surface area contributed by atoms with Crippen LogP contribution >= 0.6 is 0 Å². The van der Waals surface area contributed by atoms with Crippen LogP contribution in [-0.2, 0) is 11.2 Å². The van der Waals surface area contributed by atoms with Gasteiger partial charge in [0.25, 0.3) is 0 Å². The third kappa shape index (κ3) is 1.74. The molecule has 1 aromatic carbocycles. The monoisotopic (exact) mass is 244 g/mol. The van der Waals surface area contributed by atoms with Crippen molar-refractivity contribution in [3.05, 3.63) is 35.4 Å². The predicted molar refractivity (Wildman–Crippen MR) is 71.0 cm³/mol. The third-order valence-corrected chi connectivity index (χ3v) is 4.32. The second-order valence-corrected chi connectivity index (χ2v) is 5.77. The fourth-order valence-corrected chi connectivity index (χ4v) is 3.31. The van der Waals surface area contributed by atoms with E-state index >= 15 is 0 Å². The van der Waals surface area contributed by atoms with Crippen LogP contribution in [0.3, 0.4) is 0 Å². The van der Waals surface area contributed by atoms with E-state index in [1.54, 1.807) is 0 Å². The van der Waals surface area contributed by atoms with Crippen LogP contribution in [0.25, 0.3) is 0 Å². The van der Waals surface area contributed by atoms with Gasteiger partial charge in [-0.3, -0.25) is 4.79 Å². The number of nitrogens with two attached hydrogens (primary N) is 1. The Labute approximate surface area is 108 Å². The number of carbonyl (C=O) groups excluding carboxylic acids is 1. The summed E-state index contributed by atoms with van der Waals surface area (Å²) in [4.78, 5) is 14.5. The van der Waals surface area contributed by atoms with E-state index in [0.717, 1.165) is 32.2 Å². The minimum Gasteiger partial charge on any atom is -0.334 e. The molecule has 1 aromatic rings. The van der Waals surface area contributed by atoms with Crippen LogP contribution in [0.15, 0.2) is 24.3 Å². The molecule has 3 heteroatoms. The molecule has 0 spiro atoms. The van der Waals surface area contributed by atoms with Gasteiger partial charge >= 0.3 is 0 Å². The summed E-state index contributed by atoms with van der Waals surface area (Å²) in [6.45, 7) is 2.72. The second-order valence-electron chi connectivity index (χ2n) is 5.77. The molecule has 2 aliphatic rings. The number of piperidine rings is 1. The van der Waals surface area contributed by atoms with E-state index in [1.165, 1.54) is 11.1 Å². The van der Waals surface area contributed by atoms with Gasteiger partial charge < -0.3 is 10.6 Å². The Hall–Kier alpha value is -1.35. The van der Waals surface area contributed by atoms with Gasteiger partial charge in [0.1, 0.15) is 0 Å². The summed E-state index contributed by atoms with van der Waals surface area (Å²) < 4.78 is 0. The number of aryl methyl sites for hydroxylation is 1. The zero-order valence-corrected chi connectivity index (χ0v) is 10.9. The lowest BCUT2D eigenvalue weighted by atomic mass is 9.89. The Morgan fingerprint density at radius 3 is 3.00 bits per heavy atom. The Balaban J connectivity index is 1.91. The van der Waals surface area contributed by atoms with Gasteiger partial charge in [0, 0.05) is 6.54 Å². The number of fused-ring (bicyclic) bond motifs is 1. The molecule has 18 heavy (non-hydrogen) atoms. The maximum Gasteiger partial charge on any atom is 0.242 e. The van der Waals surface area contributed by atoms with E-state index in [2.05, 4.69) is 24.3 Å². The van der Waals surface area contributed by atoms with E-state index < -0.39 is 5.54 Å². The molecule has 3 rings (SSSR count). The summed E-state index contributed by atoms with van der Waals surface area (Å²) in [7, 11) is 0. The lowest BCUT2D eigenvalue weighted by molar-refractivity contribution is -0.142. The molecule has 1 heterocycles. The van der Waals surface area contributed by atoms with Crippen LogP contribution < -0.4 is 5.73 Å². The number of hydrogen-bond acceptors (Lipinski definition) is 2. The Morgan fingerprint density at radius 1 is 1.39 bits per heavy atom. The van der Waals surface area contributed by atoms with Crippen molar-refractivity contribution in [1.82, 2.24) is 4.90 Å². The fraction of sp³-hybridized carbons (Fsp3) is 0.533. The van der Waals surface area contributed by atoms with Crippen molar-refractivity contribution >= 4 is 5.91 Å². The summed E-state index contributed by atoms with van der Waals surface area (Å²) in [6, 6.07) is 8.71. The lowest BCUT2D eigenvalue weighted by Gasteiger charge is -2.40. The molecule has 1 amide bonds. The first-order chi connectivity index (χ1) is 8.59. The molecule has 2 N–H and O–H groups in total. The predicted octanol–water partition coefficient (Wildman–Crippen LogP) is 2.01. The minimum absolute atomic E-state index is 0.121. The molecule has 0 saturated carbocycles. The van der Waals surface area contributed by atoms with E-state index in [-0.39, 0.29) is 11.9 Å². The van der Waals surface area contributed by atoms with Gasteiger partial charge in [-0.1, -0.05) is 24.3 Å². The van der Waals surface area contributed by atoms with Gasteiger partial charge in [-0.25, -0.2) is 0 Å². The van der Waals surface area contributed by atoms with Crippen LogP contribution in [0, 0.1) is 0 Å². The van der Waals surface area contributed by atoms with Gasteiger partial charge in [-0.2, -0.15) is 0 Å². The fourth-order valence-electron chi connectivity index (χ4n) is 3.31. The number of hydrogen-bond donors (Lipinski definition) is 1. The van der Waals surface area contributed by atoms with E-state index in [4.69, 9.17) is 5.73 Å². The standard InChI is InChI=1S/C15H20N2O/c1-15(16)9-4-10-17(14(15)18)13-8-7-11-5-2-3-6-12(11)13/h2-3,5-6,13H,4,7-10,16H2,1H3. The van der Waals surface area contributed by atoms with Crippen molar-refractivity contribution in [3.63, 3.8) is 0 Å². The molecular formula is C15H20N2O. The average molecular weight is 244 g/mol. The summed E-state index contributed by atoms with van der Waals surface area (Å²) >= 11 is 0. The molecule has 1 aliphatic heterocycles. The first-order valence-electron chi connectivity index (χ1n) is 6.77. The average Bonchev–Trinajstić information content (AvgIpc) is 2.76. The molecular weight excluding hydrogens is 224 g/mol. The van der Waals surface area contributed by atoms with E-state index in [9.17, 15) is 4.79 Å². The zero-order chi connectivity index (χ0) is 12.8. The highest BCUT2D eigenvalue weighted by Gasteiger charge is 2.41. The van der Waals surface area contributed by atoms with E-state index in [1.807, 2.05) is 11.8 Å². The number of nitrogens with zero attached hydrogens (tertiary/aromatic N) is 1. The Bertz CT molecular complexity index is 481. The van der Waals surface area contributed by atoms with Crippen LogP contribution in [0.5, 0.6) is 0 Å². The normalized spacial score (nSPS) is 31.6. The van der Waals surface area contributed by atoms with Crippen molar-refractivity contribution in [3.8, 4) is 0 Å². The molecule has 0 aromatic heterocycles. The number of amides is 1. The molecule has 0 bridgehead atoms. The first-order valence-corrected chi connectivity index (χ1v) is 6.77. The first kappa shape index (κ1) is 11.7. The lowest BCUT2D eigenvalue weighted by Crippen LogP contribution is -2.57. The number of rotatable bonds is 1. The highest BCUT2D eigenvalue weighted by Crippen LogP contribution is 2.38. The zero-order valence-electron chi connectivity index (χ0n) is 10.9. The van der Waals surface area contributed by atoms with Crippen molar-refractivity contribution in [2.45, 2.75) is 44.2 Å². The third-order valence-electron chi connectivity index (χ3n) is 4.32. The van der Waals surface area contributed by atoms with Gasteiger partial charge in [-0.15, -0.1) is 0 Å². The molecule has 2 unspecified atom stereocenters. The highest BCUT2D eigenvalue weighted by molar-refractivity contribution is 5.87. The topological polar surface area (TPSA) is 46.3 Å². The highest BCUT2D eigenvalue weighted by atomic mass is 16.2. The summed E-state index contributed by atoms with van der Waals surface area (Å²) in [5.74, 6) is 0.121. The molecule has 1 saturated heterocycles. The number of benzene rings is 1. The summed E-state index contributed by atoms with van der Waals surface area (Å²) in [5.41, 5.74) is 8.15. The van der Waals surface area contributed by atoms with Gasteiger partial charge in [0.15, 0.2) is 0 Å². The minimum atomic E-state index is -0.671. The smallest absolute Gasteiger partial charge is 0.242 e. The maximum absolute atomic E-state index is 12.4. The van der Waals surface area contributed by atoms with Crippen molar-refractivity contribution in [2.75, 3.05) is 6.54 Å². The van der Waals surface area contributed by atoms with Crippen molar-refractivity contribution in [2.24, 2.45) is 5.73 Å². The molecule has 0 radical (unpaired) electrons. The van der Waals surface area contributed by atoms with Crippen LogP contribution in [0.1, 0.15) is 43.4 Å². The molecule has 1 fully saturated rings. The number of carbonyl (C=O) groups is 1. The van der Waals surface area contributed by atoms with E-state index in [0.29, 0.717) is 0 Å². The van der Waals surface area contributed by atoms with Gasteiger partial charge in [0.2, 0.25) is 5.91 Å². The quantitative estimate of drug-likeness (QED) is 0.821. The SMILES string of the molecule is CC1(N)CCCN(C2CCc3ccccc32)C1=O. The molecule has 2 atom stereocenters. The maximum atomic E-state index is 12.4. The van der Waals surface area contributed by atoms with Gasteiger partial charge in [-0.05, 0) is 43.7 Å². The summed E-state index contributed by atoms with van der Waals surface area (Å²) in [6.07, 6.45) is 3.93. The summed E-state index contributed by atoms with van der Waals surface area (Å²) in [5, 5.41) is 0. The second kappa shape index (κ2) is 4.09. The number of likely N-dealkylation sites (tertiary alicyclic amines) is 1. The Kier molecular flexibility index (Phi) is 2.67. The van der Waals surface area contributed by atoms with Crippen molar-refractivity contribution in [1.29, 1.82) is 0 Å². The van der Waals surface area contributed by atoms with Crippen LogP contribution in [0.2, 0.25) is 0 Å². The van der Waals surface area contributed by atoms with Crippen LogP contribution in [-0.4, -0.2) is 22.9 Å². The van der Waals surface area contributed by atoms with Crippen LogP contribution in [0.4, 0.5) is 0 Å². The molecule has 1 aliphatic carbocycles. The molecule has 96 valence electrons. The van der Waals surface area contributed by atoms with Gasteiger partial charge in [0.05, 0.1) is 11.6 Å². The molecule has 3 nitrogen and oxygen atoms in total. The largest absolute Gasteiger partial charge is 0.334 e. The van der Waals surface area contributed by atoms with Crippen molar-refractivity contribution < 1.29 is 4.79 Å².